The van der Waals surface area contributed by atoms with E-state index in [2.05, 4.69) is 10.3 Å². The van der Waals surface area contributed by atoms with Crippen LogP contribution in [-0.2, 0) is 0 Å². The van der Waals surface area contributed by atoms with Gasteiger partial charge >= 0.3 is 6.09 Å². The Morgan fingerprint density at radius 2 is 2.15 bits per heavy atom. The van der Waals surface area contributed by atoms with Crippen molar-refractivity contribution in [2.75, 3.05) is 7.11 Å². The number of aromatic nitrogens is 1. The first-order valence-electron chi connectivity index (χ1n) is 5.84. The molecule has 1 aromatic rings. The molecule has 0 aliphatic rings. The van der Waals surface area contributed by atoms with Crippen LogP contribution in [0, 0.1) is 15.5 Å². The van der Waals surface area contributed by atoms with Crippen molar-refractivity contribution in [2.24, 2.45) is 5.41 Å². The summed E-state index contributed by atoms with van der Waals surface area (Å²) in [6.45, 7) is 5.43. The Morgan fingerprint density at radius 3 is 2.55 bits per heavy atom. The number of rotatable bonds is 4. The fourth-order valence-electron chi connectivity index (χ4n) is 1.82. The minimum absolute atomic E-state index is 0.157. The number of methoxy groups -OCH3 is 1. The van der Waals surface area contributed by atoms with Gasteiger partial charge in [-0.1, -0.05) is 20.8 Å². The molecule has 20 heavy (non-hydrogen) atoms. The van der Waals surface area contributed by atoms with E-state index in [9.17, 15) is 14.9 Å². The van der Waals surface area contributed by atoms with Crippen LogP contribution in [-0.4, -0.2) is 28.2 Å². The Balaban J connectivity index is 3.40. The van der Waals surface area contributed by atoms with Crippen LogP contribution in [0.15, 0.2) is 12.3 Å². The van der Waals surface area contributed by atoms with Gasteiger partial charge in [0.1, 0.15) is 6.20 Å². The van der Waals surface area contributed by atoms with Crippen LogP contribution in [0.4, 0.5) is 10.5 Å². The van der Waals surface area contributed by atoms with Crippen molar-refractivity contribution in [3.8, 4) is 5.88 Å². The quantitative estimate of drug-likeness (QED) is 0.647. The third kappa shape index (κ3) is 3.56. The Morgan fingerprint density at radius 1 is 1.55 bits per heavy atom. The lowest BCUT2D eigenvalue weighted by Gasteiger charge is -2.31. The highest BCUT2D eigenvalue weighted by Crippen LogP contribution is 2.37. The number of nitrogens with one attached hydrogen (secondary N) is 1. The fraction of sp³-hybridized carbons (Fsp3) is 0.500. The minimum atomic E-state index is -1.22. The summed E-state index contributed by atoms with van der Waals surface area (Å²) in [7, 11) is 1.37. The second-order valence-electron chi connectivity index (χ2n) is 5.30. The molecule has 0 saturated carbocycles. The number of hydrogen-bond acceptors (Lipinski definition) is 5. The van der Waals surface area contributed by atoms with Crippen molar-refractivity contribution in [3.05, 3.63) is 27.9 Å². The van der Waals surface area contributed by atoms with Gasteiger partial charge in [0, 0.05) is 11.6 Å². The average Bonchev–Trinajstić information content (AvgIpc) is 2.33. The van der Waals surface area contributed by atoms with E-state index in [1.54, 1.807) is 0 Å². The van der Waals surface area contributed by atoms with Gasteiger partial charge in [-0.15, -0.1) is 0 Å². The van der Waals surface area contributed by atoms with Crippen molar-refractivity contribution < 1.29 is 19.6 Å². The normalized spacial score (nSPS) is 12.6. The smallest absolute Gasteiger partial charge is 0.405 e. The van der Waals surface area contributed by atoms with Crippen molar-refractivity contribution in [3.63, 3.8) is 0 Å². The Kier molecular flexibility index (Phi) is 4.49. The first-order valence-corrected chi connectivity index (χ1v) is 5.84. The summed E-state index contributed by atoms with van der Waals surface area (Å²) in [6, 6.07) is 0.583. The lowest BCUT2D eigenvalue weighted by atomic mass is 9.82. The highest BCUT2D eigenvalue weighted by atomic mass is 16.6. The number of amides is 1. The van der Waals surface area contributed by atoms with Gasteiger partial charge in [-0.2, -0.15) is 0 Å². The largest absolute Gasteiger partial charge is 0.481 e. The van der Waals surface area contributed by atoms with Crippen LogP contribution in [0.25, 0.3) is 0 Å². The van der Waals surface area contributed by atoms with E-state index in [0.29, 0.717) is 5.56 Å². The number of carbonyl (C=O) groups is 1. The zero-order chi connectivity index (χ0) is 15.5. The number of hydrogen-bond donors (Lipinski definition) is 2. The SMILES string of the molecule is COc1ncc([N+](=O)[O-])cc1C(NC(=O)O)C(C)(C)C. The molecule has 0 aliphatic heterocycles. The number of pyridine rings is 1. The Hall–Kier alpha value is -2.38. The molecule has 8 nitrogen and oxygen atoms in total. The molecule has 0 aromatic carbocycles. The first-order chi connectivity index (χ1) is 9.16. The van der Waals surface area contributed by atoms with Crippen LogP contribution in [0.5, 0.6) is 5.88 Å². The molecule has 1 rings (SSSR count). The van der Waals surface area contributed by atoms with Gasteiger partial charge in [0.05, 0.1) is 18.1 Å². The molecule has 1 unspecified atom stereocenters. The van der Waals surface area contributed by atoms with Crippen molar-refractivity contribution in [2.45, 2.75) is 26.8 Å². The summed E-state index contributed by atoms with van der Waals surface area (Å²) < 4.78 is 5.07. The second kappa shape index (κ2) is 5.72. The molecule has 0 aliphatic carbocycles. The van der Waals surface area contributed by atoms with Crippen molar-refractivity contribution in [1.29, 1.82) is 0 Å². The summed E-state index contributed by atoms with van der Waals surface area (Å²) in [5, 5.41) is 22.1. The highest BCUT2D eigenvalue weighted by Gasteiger charge is 2.32. The molecule has 0 saturated heterocycles. The summed E-state index contributed by atoms with van der Waals surface area (Å²) in [5.74, 6) is 0.157. The van der Waals surface area contributed by atoms with Gasteiger partial charge in [-0.3, -0.25) is 10.1 Å². The monoisotopic (exact) mass is 283 g/mol. The number of carboxylic acid groups (broad SMARTS) is 1. The lowest BCUT2D eigenvalue weighted by molar-refractivity contribution is -0.385. The number of nitro groups is 1. The molecule has 0 radical (unpaired) electrons. The standard InChI is InChI=1S/C12H17N3O5/c1-12(2,3)9(14-11(16)17)8-5-7(15(18)19)6-13-10(8)20-4/h5-6,9,14H,1-4H3,(H,16,17). The van der Waals surface area contributed by atoms with Crippen LogP contribution < -0.4 is 10.1 Å². The summed E-state index contributed by atoms with van der Waals surface area (Å²) in [4.78, 5) is 25.1. The average molecular weight is 283 g/mol. The molecule has 1 aromatic heterocycles. The maximum atomic E-state index is 10.9. The Bertz CT molecular complexity index is 524. The molecular formula is C12H17N3O5. The fourth-order valence-corrected chi connectivity index (χ4v) is 1.82. The molecule has 1 amide bonds. The van der Waals surface area contributed by atoms with Crippen molar-refractivity contribution >= 4 is 11.8 Å². The van der Waals surface area contributed by atoms with E-state index in [0.717, 1.165) is 6.20 Å². The van der Waals surface area contributed by atoms with E-state index >= 15 is 0 Å². The summed E-state index contributed by atoms with van der Waals surface area (Å²) in [5.41, 5.74) is -0.401. The topological polar surface area (TPSA) is 115 Å². The van der Waals surface area contributed by atoms with Crippen LogP contribution in [0.2, 0.25) is 0 Å². The second-order valence-corrected chi connectivity index (χ2v) is 5.30. The zero-order valence-corrected chi connectivity index (χ0v) is 11.7. The van der Waals surface area contributed by atoms with Gasteiger partial charge in [-0.25, -0.2) is 9.78 Å². The summed E-state index contributed by atoms with van der Waals surface area (Å²) >= 11 is 0. The molecule has 1 heterocycles. The number of nitrogens with zero attached hydrogens (tertiary/aromatic N) is 2. The van der Waals surface area contributed by atoms with E-state index < -0.39 is 22.5 Å². The molecule has 0 fully saturated rings. The van der Waals surface area contributed by atoms with Gasteiger partial charge in [0.25, 0.3) is 5.69 Å². The minimum Gasteiger partial charge on any atom is -0.481 e. The van der Waals surface area contributed by atoms with Gasteiger partial charge in [0.2, 0.25) is 5.88 Å². The third-order valence-corrected chi connectivity index (χ3v) is 2.71. The highest BCUT2D eigenvalue weighted by molar-refractivity contribution is 5.65. The molecule has 110 valence electrons. The predicted octanol–water partition coefficient (Wildman–Crippen LogP) is 2.35. The van der Waals surface area contributed by atoms with Crippen LogP contribution >= 0.6 is 0 Å². The van der Waals surface area contributed by atoms with Crippen molar-refractivity contribution in [1.82, 2.24) is 10.3 Å². The van der Waals surface area contributed by atoms with E-state index in [1.165, 1.54) is 13.2 Å². The maximum Gasteiger partial charge on any atom is 0.405 e. The Labute approximate surface area is 115 Å². The van der Waals surface area contributed by atoms with Crippen LogP contribution in [0.1, 0.15) is 32.4 Å². The molecule has 0 spiro atoms. The third-order valence-electron chi connectivity index (χ3n) is 2.71. The van der Waals surface area contributed by atoms with Gasteiger partial charge in [-0.05, 0) is 5.41 Å². The first kappa shape index (κ1) is 15.7. The predicted molar refractivity (Wildman–Crippen MR) is 70.8 cm³/mol. The lowest BCUT2D eigenvalue weighted by Crippen LogP contribution is -2.36. The van der Waals surface area contributed by atoms with Crippen LogP contribution in [0.3, 0.4) is 0 Å². The van der Waals surface area contributed by atoms with E-state index in [1.807, 2.05) is 20.8 Å². The van der Waals surface area contributed by atoms with Gasteiger partial charge in [0.15, 0.2) is 0 Å². The van der Waals surface area contributed by atoms with E-state index in [4.69, 9.17) is 9.84 Å². The molecule has 8 heteroatoms. The van der Waals surface area contributed by atoms with E-state index in [-0.39, 0.29) is 11.6 Å². The molecule has 2 N–H and O–H groups in total. The maximum absolute atomic E-state index is 10.9. The number of ether oxygens (including phenoxy) is 1. The zero-order valence-electron chi connectivity index (χ0n) is 11.7. The molecule has 1 atom stereocenters. The molecule has 0 bridgehead atoms. The van der Waals surface area contributed by atoms with Gasteiger partial charge < -0.3 is 15.2 Å². The molecular weight excluding hydrogens is 266 g/mol. The summed E-state index contributed by atoms with van der Waals surface area (Å²) in [6.07, 6.45) is -0.151.